The molecule has 1 heterocycles. The summed E-state index contributed by atoms with van der Waals surface area (Å²) in [5.74, 6) is -1.29. The third kappa shape index (κ3) is 2.44. The van der Waals surface area contributed by atoms with Crippen molar-refractivity contribution in [2.24, 2.45) is 0 Å². The van der Waals surface area contributed by atoms with Gasteiger partial charge in [0.05, 0.1) is 5.97 Å². The van der Waals surface area contributed by atoms with E-state index in [2.05, 4.69) is 6.58 Å². The Morgan fingerprint density at radius 2 is 2.43 bits per heavy atom. The van der Waals surface area contributed by atoms with E-state index in [1.165, 1.54) is 6.07 Å². The van der Waals surface area contributed by atoms with Gasteiger partial charge in [-0.2, -0.15) is 0 Å². The van der Waals surface area contributed by atoms with Crippen LogP contribution in [-0.2, 0) is 9.61 Å². The van der Waals surface area contributed by atoms with Gasteiger partial charge in [-0.1, -0.05) is 6.58 Å². The Balaban J connectivity index is 3.17. The average Bonchev–Trinajstić information content (AvgIpc) is 2.17. The van der Waals surface area contributed by atoms with Gasteiger partial charge >= 0.3 is 0 Å². The monoisotopic (exact) mass is 305 g/mol. The third-order valence-corrected chi connectivity index (χ3v) is 2.95. The van der Waals surface area contributed by atoms with Crippen LogP contribution in [0.1, 0.15) is 10.4 Å². The quantitative estimate of drug-likeness (QED) is 0.447. The zero-order valence-corrected chi connectivity index (χ0v) is 9.43. The third-order valence-electron chi connectivity index (χ3n) is 1.61. The lowest BCUT2D eigenvalue weighted by atomic mass is 10.3. The number of allylic oxidation sites excluding steroid dienone is 1. The number of aromatic nitrogens is 1. The van der Waals surface area contributed by atoms with Gasteiger partial charge in [0.2, 0.25) is 0 Å². The van der Waals surface area contributed by atoms with Crippen LogP contribution in [0.15, 0.2) is 31.1 Å². The van der Waals surface area contributed by atoms with Crippen LogP contribution in [0.4, 0.5) is 0 Å². The van der Waals surface area contributed by atoms with Crippen molar-refractivity contribution in [2.45, 2.75) is 6.54 Å². The summed E-state index contributed by atoms with van der Waals surface area (Å²) in [5, 5.41) is 10.6. The van der Waals surface area contributed by atoms with E-state index in [4.69, 9.17) is 0 Å². The first-order valence-electron chi connectivity index (χ1n) is 3.81. The van der Waals surface area contributed by atoms with Gasteiger partial charge in [0.25, 0.3) is 0 Å². The number of carboxylic acids is 1. The Morgan fingerprint density at radius 1 is 1.71 bits per heavy atom. The molecule has 0 aromatic carbocycles. The van der Waals surface area contributed by atoms with Crippen LogP contribution in [-0.4, -0.2) is 5.97 Å². The van der Waals surface area contributed by atoms with Gasteiger partial charge in [0.1, 0.15) is 3.57 Å². The van der Waals surface area contributed by atoms with Gasteiger partial charge in [-0.15, -0.1) is 0 Å². The molecule has 0 atom stereocenters. The van der Waals surface area contributed by atoms with Crippen LogP contribution in [0.25, 0.3) is 0 Å². The lowest BCUT2D eigenvalue weighted by Gasteiger charge is -2.02. The minimum atomic E-state index is -1.50. The van der Waals surface area contributed by atoms with Crippen molar-refractivity contribution in [2.75, 3.05) is 0 Å². The van der Waals surface area contributed by atoms with Gasteiger partial charge in [0.15, 0.2) is 40.1 Å². The Kier molecular flexibility index (Phi) is 3.87. The number of carbonyl (C=O) groups excluding carboxylic acids is 1. The normalized spacial score (nSPS) is 9.71. The number of rotatable bonds is 4. The zero-order chi connectivity index (χ0) is 10.6. The molecule has 0 aliphatic rings. The molecule has 0 spiro atoms. The summed E-state index contributed by atoms with van der Waals surface area (Å²) in [5.41, 5.74) is 0.00751. The van der Waals surface area contributed by atoms with Gasteiger partial charge in [0, 0.05) is 11.6 Å². The molecular formula is C9H8INO3. The van der Waals surface area contributed by atoms with E-state index < -0.39 is 27.2 Å². The maximum atomic E-state index is 10.8. The highest BCUT2D eigenvalue weighted by molar-refractivity contribution is 14.1. The molecule has 0 radical (unpaired) electrons. The van der Waals surface area contributed by atoms with Crippen molar-refractivity contribution < 1.29 is 17.5 Å². The minimum absolute atomic E-state index is 0.00751. The van der Waals surface area contributed by atoms with Gasteiger partial charge in [-0.05, 0) is 6.08 Å². The summed E-state index contributed by atoms with van der Waals surface area (Å²) < 4.78 is 12.8. The summed E-state index contributed by atoms with van der Waals surface area (Å²) in [6.07, 6.45) is 4.81. The number of hydrogen-bond acceptors (Lipinski definition) is 3. The van der Waals surface area contributed by atoms with E-state index in [1.54, 1.807) is 23.0 Å². The number of carboxylic acid groups (broad SMARTS) is 1. The molecule has 0 bridgehead atoms. The maximum absolute atomic E-state index is 10.8. The maximum Gasteiger partial charge on any atom is 0.189 e. The van der Waals surface area contributed by atoms with Gasteiger partial charge in [-0.3, -0.25) is 3.07 Å². The van der Waals surface area contributed by atoms with E-state index in [0.717, 1.165) is 0 Å². The van der Waals surface area contributed by atoms with Gasteiger partial charge in [-0.25, -0.2) is 4.57 Å². The lowest BCUT2D eigenvalue weighted by molar-refractivity contribution is -0.687. The molecule has 0 amide bonds. The fourth-order valence-corrected chi connectivity index (χ4v) is 2.11. The van der Waals surface area contributed by atoms with Crippen LogP contribution in [0, 0.1) is 3.57 Å². The average molecular weight is 305 g/mol. The highest BCUT2D eigenvalue weighted by Crippen LogP contribution is 2.12. The summed E-state index contributed by atoms with van der Waals surface area (Å²) >= 11 is -1.50. The van der Waals surface area contributed by atoms with E-state index in [-0.39, 0.29) is 5.56 Å². The first kappa shape index (κ1) is 11.0. The first-order chi connectivity index (χ1) is 6.69. The van der Waals surface area contributed by atoms with Crippen molar-refractivity contribution >= 4 is 27.2 Å². The van der Waals surface area contributed by atoms with Crippen molar-refractivity contribution in [3.8, 4) is 0 Å². The van der Waals surface area contributed by atoms with Crippen molar-refractivity contribution in [1.29, 1.82) is 0 Å². The van der Waals surface area contributed by atoms with Crippen LogP contribution >= 0.6 is 21.2 Å². The number of hydrogen-bond donors (Lipinski definition) is 0. The summed E-state index contributed by atoms with van der Waals surface area (Å²) in [6, 6.07) is 1.39. The molecule has 5 heteroatoms. The van der Waals surface area contributed by atoms with E-state index >= 15 is 0 Å². The molecule has 14 heavy (non-hydrogen) atoms. The number of aromatic carboxylic acids is 1. The summed E-state index contributed by atoms with van der Waals surface area (Å²) in [4.78, 5) is 10.6. The highest BCUT2D eigenvalue weighted by Gasteiger charge is 2.09. The summed E-state index contributed by atoms with van der Waals surface area (Å²) in [7, 11) is 0. The van der Waals surface area contributed by atoms with E-state index in [9.17, 15) is 13.0 Å². The molecule has 1 aromatic rings. The largest absolute Gasteiger partial charge is 0.545 e. The van der Waals surface area contributed by atoms with Crippen LogP contribution in [0.3, 0.4) is 0 Å². The van der Waals surface area contributed by atoms with E-state index in [1.807, 2.05) is 0 Å². The molecular weight excluding hydrogens is 297 g/mol. The second-order valence-corrected chi connectivity index (χ2v) is 4.16. The molecule has 1 aromatic heterocycles. The van der Waals surface area contributed by atoms with Crippen LogP contribution in [0.2, 0.25) is 0 Å². The summed E-state index contributed by atoms with van der Waals surface area (Å²) in [6.45, 7) is 4.11. The Morgan fingerprint density at radius 3 is 2.93 bits per heavy atom. The standard InChI is InChI=1S/C9H8INO3/c1-2-4-11-5-3-7(9(12)13)8(6-11)10-14/h2-3,5-6H,1,4H2. The molecule has 0 aliphatic carbocycles. The number of carbonyl (C=O) groups is 1. The predicted octanol–water partition coefficient (Wildman–Crippen LogP) is 0.00940. The topological polar surface area (TPSA) is 61.1 Å². The molecule has 74 valence electrons. The van der Waals surface area contributed by atoms with Crippen LogP contribution < -0.4 is 9.67 Å². The fourth-order valence-electron chi connectivity index (χ4n) is 0.998. The second kappa shape index (κ2) is 4.94. The molecule has 0 aliphatic heterocycles. The smallest absolute Gasteiger partial charge is 0.189 e. The Bertz CT molecular complexity index is 390. The van der Waals surface area contributed by atoms with Crippen molar-refractivity contribution in [3.63, 3.8) is 0 Å². The SMILES string of the molecule is C=CC[n+]1ccc(C(=O)[O-])c(I=O)c1. The van der Waals surface area contributed by atoms with E-state index in [0.29, 0.717) is 10.1 Å². The minimum Gasteiger partial charge on any atom is -0.545 e. The second-order valence-electron chi connectivity index (χ2n) is 2.56. The number of pyridine rings is 1. The molecule has 0 unspecified atom stereocenters. The zero-order valence-electron chi connectivity index (χ0n) is 7.27. The van der Waals surface area contributed by atoms with Gasteiger partial charge < -0.3 is 9.90 Å². The Labute approximate surface area is 91.5 Å². The predicted molar refractivity (Wildman–Crippen MR) is 54.6 cm³/mol. The first-order valence-corrected chi connectivity index (χ1v) is 5.77. The Hall–Kier alpha value is -1.11. The molecule has 0 fully saturated rings. The molecule has 0 saturated carbocycles. The molecule has 4 nitrogen and oxygen atoms in total. The number of halogens is 1. The van der Waals surface area contributed by atoms with Crippen LogP contribution in [0.5, 0.6) is 0 Å². The molecule has 1 rings (SSSR count). The lowest BCUT2D eigenvalue weighted by Crippen LogP contribution is -2.34. The molecule has 0 N–H and O–H groups in total. The molecule has 0 saturated heterocycles. The highest BCUT2D eigenvalue weighted by atomic mass is 127. The fraction of sp³-hybridized carbons (Fsp3) is 0.111. The van der Waals surface area contributed by atoms with Crippen molar-refractivity contribution in [1.82, 2.24) is 0 Å². The number of nitrogens with zero attached hydrogens (tertiary/aromatic N) is 1. The van der Waals surface area contributed by atoms with Crippen molar-refractivity contribution in [3.05, 3.63) is 40.2 Å².